The molecule has 1 rings (SSSR count). The van der Waals surface area contributed by atoms with Gasteiger partial charge in [0.15, 0.2) is 0 Å². The van der Waals surface area contributed by atoms with Crippen LogP contribution >= 0.6 is 0 Å². The quantitative estimate of drug-likeness (QED) is 0.529. The highest BCUT2D eigenvalue weighted by Gasteiger charge is 1.91. The summed E-state index contributed by atoms with van der Waals surface area (Å²) in [6, 6.07) is 3.87. The van der Waals surface area contributed by atoms with Gasteiger partial charge in [0, 0.05) is 7.05 Å². The Labute approximate surface area is 90.9 Å². The van der Waals surface area contributed by atoms with E-state index in [2.05, 4.69) is 16.7 Å². The molecular formula is C12H18N2O. The van der Waals surface area contributed by atoms with E-state index in [9.17, 15) is 0 Å². The smallest absolute Gasteiger partial charge is 0.117 e. The second kappa shape index (κ2) is 7.88. The lowest BCUT2D eigenvalue weighted by Gasteiger charge is -1.98. The average molecular weight is 206 g/mol. The van der Waals surface area contributed by atoms with E-state index >= 15 is 0 Å². The summed E-state index contributed by atoms with van der Waals surface area (Å²) in [6.45, 7) is 1.76. The summed E-state index contributed by atoms with van der Waals surface area (Å²) in [6.07, 6.45) is 10.8. The van der Waals surface area contributed by atoms with E-state index in [1.54, 1.807) is 6.26 Å². The number of allylic oxidation sites excluding steroid dienone is 2. The number of rotatable bonds is 7. The minimum absolute atomic E-state index is 0.799. The maximum absolute atomic E-state index is 5.19. The van der Waals surface area contributed by atoms with Gasteiger partial charge >= 0.3 is 0 Å². The molecule has 82 valence electrons. The summed E-state index contributed by atoms with van der Waals surface area (Å²) < 4.78 is 5.19. The zero-order valence-corrected chi connectivity index (χ0v) is 9.07. The molecule has 1 aromatic heterocycles. The Morgan fingerprint density at radius 3 is 3.07 bits per heavy atom. The molecule has 0 fully saturated rings. The van der Waals surface area contributed by atoms with Crippen LogP contribution in [0, 0.1) is 0 Å². The minimum atomic E-state index is 0.799. The van der Waals surface area contributed by atoms with Gasteiger partial charge in [0.05, 0.1) is 12.8 Å². The van der Waals surface area contributed by atoms with Gasteiger partial charge in [-0.1, -0.05) is 12.2 Å². The van der Waals surface area contributed by atoms with Crippen LogP contribution in [0.25, 0.3) is 0 Å². The van der Waals surface area contributed by atoms with E-state index in [-0.39, 0.29) is 0 Å². The Kier molecular flexibility index (Phi) is 6.09. The van der Waals surface area contributed by atoms with Crippen LogP contribution in [-0.4, -0.2) is 13.6 Å². The maximum atomic E-state index is 5.19. The van der Waals surface area contributed by atoms with E-state index in [4.69, 9.17) is 4.42 Å². The van der Waals surface area contributed by atoms with Crippen LogP contribution in [0.4, 0.5) is 0 Å². The highest BCUT2D eigenvalue weighted by molar-refractivity contribution is 5.01. The molecule has 15 heavy (non-hydrogen) atoms. The number of hydrogen-bond acceptors (Lipinski definition) is 3. The SMILES string of the molecule is CN/C=C\C=C/CCNCc1ccco1. The summed E-state index contributed by atoms with van der Waals surface area (Å²) in [5.74, 6) is 0.981. The second-order valence-electron chi connectivity index (χ2n) is 3.12. The normalized spacial score (nSPS) is 11.5. The highest BCUT2D eigenvalue weighted by atomic mass is 16.3. The maximum Gasteiger partial charge on any atom is 0.117 e. The third-order valence-corrected chi connectivity index (χ3v) is 1.88. The third-order valence-electron chi connectivity index (χ3n) is 1.88. The molecule has 0 aliphatic heterocycles. The molecule has 0 unspecified atom stereocenters. The lowest BCUT2D eigenvalue weighted by atomic mass is 10.3. The molecule has 0 spiro atoms. The molecule has 3 heteroatoms. The fourth-order valence-corrected chi connectivity index (χ4v) is 1.14. The molecule has 0 radical (unpaired) electrons. The van der Waals surface area contributed by atoms with E-state index in [1.165, 1.54) is 0 Å². The lowest BCUT2D eigenvalue weighted by Crippen LogP contribution is -2.13. The van der Waals surface area contributed by atoms with Crippen molar-refractivity contribution in [3.63, 3.8) is 0 Å². The minimum Gasteiger partial charge on any atom is -0.468 e. The molecule has 1 aromatic rings. The average Bonchev–Trinajstić information content (AvgIpc) is 2.75. The van der Waals surface area contributed by atoms with Crippen molar-refractivity contribution in [3.05, 3.63) is 48.6 Å². The van der Waals surface area contributed by atoms with Crippen LogP contribution in [0.2, 0.25) is 0 Å². The topological polar surface area (TPSA) is 37.2 Å². The van der Waals surface area contributed by atoms with Crippen LogP contribution in [0.5, 0.6) is 0 Å². The lowest BCUT2D eigenvalue weighted by molar-refractivity contribution is 0.485. The Balaban J connectivity index is 1.98. The van der Waals surface area contributed by atoms with Crippen LogP contribution < -0.4 is 10.6 Å². The molecule has 3 nitrogen and oxygen atoms in total. The van der Waals surface area contributed by atoms with Gasteiger partial charge in [0.1, 0.15) is 5.76 Å². The van der Waals surface area contributed by atoms with Gasteiger partial charge in [-0.05, 0) is 37.4 Å². The van der Waals surface area contributed by atoms with E-state index < -0.39 is 0 Å². The van der Waals surface area contributed by atoms with Gasteiger partial charge in [-0.2, -0.15) is 0 Å². The Morgan fingerprint density at radius 1 is 1.40 bits per heavy atom. The van der Waals surface area contributed by atoms with Crippen molar-refractivity contribution in [2.75, 3.05) is 13.6 Å². The monoisotopic (exact) mass is 206 g/mol. The predicted molar refractivity (Wildman–Crippen MR) is 62.4 cm³/mol. The summed E-state index contributed by atoms with van der Waals surface area (Å²) >= 11 is 0. The third kappa shape index (κ3) is 5.75. The summed E-state index contributed by atoms with van der Waals surface area (Å²) in [5.41, 5.74) is 0. The van der Waals surface area contributed by atoms with Crippen molar-refractivity contribution in [1.29, 1.82) is 0 Å². The van der Waals surface area contributed by atoms with Crippen molar-refractivity contribution in [3.8, 4) is 0 Å². The summed E-state index contributed by atoms with van der Waals surface area (Å²) in [4.78, 5) is 0. The summed E-state index contributed by atoms with van der Waals surface area (Å²) in [5, 5.41) is 6.22. The second-order valence-corrected chi connectivity index (χ2v) is 3.12. The van der Waals surface area contributed by atoms with Gasteiger partial charge < -0.3 is 15.1 Å². The molecule has 0 atom stereocenters. The van der Waals surface area contributed by atoms with Crippen molar-refractivity contribution in [1.82, 2.24) is 10.6 Å². The highest BCUT2D eigenvalue weighted by Crippen LogP contribution is 1.98. The molecule has 0 aliphatic rings. The Hall–Kier alpha value is -1.48. The van der Waals surface area contributed by atoms with Crippen LogP contribution in [0.15, 0.2) is 47.2 Å². The van der Waals surface area contributed by atoms with Crippen LogP contribution in [0.1, 0.15) is 12.2 Å². The van der Waals surface area contributed by atoms with Gasteiger partial charge in [-0.3, -0.25) is 0 Å². The number of hydrogen-bond donors (Lipinski definition) is 2. The van der Waals surface area contributed by atoms with E-state index in [1.807, 2.05) is 37.5 Å². The first kappa shape index (κ1) is 11.6. The molecular weight excluding hydrogens is 188 g/mol. The van der Waals surface area contributed by atoms with Gasteiger partial charge in [-0.25, -0.2) is 0 Å². The standard InChI is InChI=1S/C12H18N2O/c1-13-8-4-2-3-5-9-14-11-12-7-6-10-15-12/h2-4,6-8,10,13-14H,5,9,11H2,1H3/b3-2-,8-4-. The molecule has 2 N–H and O–H groups in total. The molecule has 0 bridgehead atoms. The van der Waals surface area contributed by atoms with Gasteiger partial charge in [0.25, 0.3) is 0 Å². The number of furan rings is 1. The fraction of sp³-hybridized carbons (Fsp3) is 0.333. The summed E-state index contributed by atoms with van der Waals surface area (Å²) in [7, 11) is 1.88. The first-order valence-corrected chi connectivity index (χ1v) is 5.15. The van der Waals surface area contributed by atoms with Gasteiger partial charge in [0.2, 0.25) is 0 Å². The first-order valence-electron chi connectivity index (χ1n) is 5.15. The molecule has 0 aromatic carbocycles. The molecule has 0 saturated carbocycles. The van der Waals surface area contributed by atoms with E-state index in [0.29, 0.717) is 0 Å². The number of nitrogens with one attached hydrogen (secondary N) is 2. The van der Waals surface area contributed by atoms with Crippen molar-refractivity contribution >= 4 is 0 Å². The first-order chi connectivity index (χ1) is 7.43. The van der Waals surface area contributed by atoms with Crippen LogP contribution in [0.3, 0.4) is 0 Å². The Bertz CT molecular complexity index is 289. The zero-order chi connectivity index (χ0) is 10.8. The van der Waals surface area contributed by atoms with Crippen molar-refractivity contribution in [2.45, 2.75) is 13.0 Å². The fourth-order valence-electron chi connectivity index (χ4n) is 1.14. The van der Waals surface area contributed by atoms with Crippen LogP contribution in [-0.2, 0) is 6.54 Å². The zero-order valence-electron chi connectivity index (χ0n) is 9.07. The molecule has 0 saturated heterocycles. The largest absolute Gasteiger partial charge is 0.468 e. The van der Waals surface area contributed by atoms with Crippen molar-refractivity contribution < 1.29 is 4.42 Å². The predicted octanol–water partition coefficient (Wildman–Crippen LogP) is 2.05. The molecule has 1 heterocycles. The molecule has 0 aliphatic carbocycles. The Morgan fingerprint density at radius 2 is 2.33 bits per heavy atom. The van der Waals surface area contributed by atoms with E-state index in [0.717, 1.165) is 25.3 Å². The van der Waals surface area contributed by atoms with Gasteiger partial charge in [-0.15, -0.1) is 0 Å². The molecule has 0 amide bonds. The van der Waals surface area contributed by atoms with Crippen molar-refractivity contribution in [2.24, 2.45) is 0 Å².